The highest BCUT2D eigenvalue weighted by atomic mass is 16.7. The molecule has 0 aromatic rings. The Morgan fingerprint density at radius 2 is 1.23 bits per heavy atom. The number of likely N-dealkylation sites (N-methyl/N-ethyl adjacent to an activating group) is 1. The molecule has 1 fully saturated rings. The Kier molecular flexibility index (Phi) is 13.9. The van der Waals surface area contributed by atoms with Gasteiger partial charge in [-0.1, -0.05) is 84.0 Å². The summed E-state index contributed by atoms with van der Waals surface area (Å²) in [5, 5.41) is 0. The van der Waals surface area contributed by atoms with Crippen molar-refractivity contribution < 1.29 is 19.0 Å². The Morgan fingerprint density at radius 3 is 1.69 bits per heavy atom. The van der Waals surface area contributed by atoms with Crippen LogP contribution in [0.1, 0.15) is 104 Å². The molecule has 1 rings (SSSR count). The quantitative estimate of drug-likeness (QED) is 0.255. The Balaban J connectivity index is 1.88. The molecule has 154 valence electrons. The fourth-order valence-corrected chi connectivity index (χ4v) is 3.70. The molecule has 0 saturated carbocycles. The Morgan fingerprint density at radius 1 is 0.769 bits per heavy atom. The van der Waals surface area contributed by atoms with Gasteiger partial charge >= 0.3 is 5.97 Å². The van der Waals surface area contributed by atoms with Gasteiger partial charge in [0, 0.05) is 0 Å². The van der Waals surface area contributed by atoms with Gasteiger partial charge in [-0.3, -0.25) is 4.84 Å². The molecule has 1 heterocycles. The fourth-order valence-electron chi connectivity index (χ4n) is 3.70. The highest BCUT2D eigenvalue weighted by molar-refractivity contribution is 5.68. The molecule has 0 unspecified atom stereocenters. The summed E-state index contributed by atoms with van der Waals surface area (Å²) in [6.07, 6.45) is 17.8. The lowest BCUT2D eigenvalue weighted by Crippen LogP contribution is -2.55. The third-order valence-corrected chi connectivity index (χ3v) is 5.64. The van der Waals surface area contributed by atoms with Gasteiger partial charge in [0.05, 0.1) is 19.6 Å². The second-order valence-electron chi connectivity index (χ2n) is 7.89. The molecular weight excluding hydrogens is 326 g/mol. The van der Waals surface area contributed by atoms with E-state index in [2.05, 4.69) is 13.8 Å². The molecule has 0 radical (unpaired) electrons. The molecule has 4 nitrogen and oxygen atoms in total. The van der Waals surface area contributed by atoms with Crippen molar-refractivity contribution in [2.75, 3.05) is 32.8 Å². The van der Waals surface area contributed by atoms with Crippen molar-refractivity contribution in [3.63, 3.8) is 0 Å². The number of carbonyl (C=O) groups excluding carboxylic acids is 1. The topological polar surface area (TPSA) is 35.5 Å². The number of carbonyl (C=O) groups is 1. The summed E-state index contributed by atoms with van der Waals surface area (Å²) in [6, 6.07) is 0. The first-order valence-corrected chi connectivity index (χ1v) is 11.4. The molecule has 0 N–H and O–H groups in total. The van der Waals surface area contributed by atoms with E-state index in [1.54, 1.807) is 0 Å². The van der Waals surface area contributed by atoms with Crippen molar-refractivity contribution in [3.8, 4) is 0 Å². The molecule has 0 aromatic carbocycles. The predicted molar refractivity (Wildman–Crippen MR) is 108 cm³/mol. The van der Waals surface area contributed by atoms with Crippen molar-refractivity contribution in [1.29, 1.82) is 0 Å². The molecule has 0 bridgehead atoms. The highest BCUT2D eigenvalue weighted by Crippen LogP contribution is 2.16. The minimum atomic E-state index is -0.0307. The molecule has 1 aliphatic rings. The average molecular weight is 371 g/mol. The lowest BCUT2D eigenvalue weighted by Gasteiger charge is -2.36. The number of hydrogen-bond donors (Lipinski definition) is 0. The van der Waals surface area contributed by atoms with E-state index in [4.69, 9.17) is 9.57 Å². The lowest BCUT2D eigenvalue weighted by atomic mass is 10.0. The Hall–Kier alpha value is -0.610. The summed E-state index contributed by atoms with van der Waals surface area (Å²) in [4.78, 5) is 17.9. The molecule has 1 saturated heterocycles. The van der Waals surface area contributed by atoms with E-state index >= 15 is 0 Å². The molecule has 0 spiro atoms. The van der Waals surface area contributed by atoms with Gasteiger partial charge in [-0.15, -0.1) is 4.65 Å². The van der Waals surface area contributed by atoms with Crippen molar-refractivity contribution in [2.24, 2.45) is 0 Å². The van der Waals surface area contributed by atoms with Crippen LogP contribution < -0.4 is 0 Å². The van der Waals surface area contributed by atoms with Crippen molar-refractivity contribution in [2.45, 2.75) is 104 Å². The van der Waals surface area contributed by atoms with E-state index in [1.165, 1.54) is 70.6 Å². The summed E-state index contributed by atoms with van der Waals surface area (Å²) in [6.45, 7) is 8.18. The van der Waals surface area contributed by atoms with E-state index in [9.17, 15) is 4.79 Å². The average Bonchev–Trinajstić information content (AvgIpc) is 2.66. The van der Waals surface area contributed by atoms with Gasteiger partial charge in [-0.25, -0.2) is 4.79 Å². The van der Waals surface area contributed by atoms with E-state index < -0.39 is 0 Å². The second kappa shape index (κ2) is 15.4. The van der Waals surface area contributed by atoms with Gasteiger partial charge in [-0.05, 0) is 13.3 Å². The predicted octanol–water partition coefficient (Wildman–Crippen LogP) is 5.79. The van der Waals surface area contributed by atoms with Crippen LogP contribution in [0.15, 0.2) is 0 Å². The van der Waals surface area contributed by atoms with Gasteiger partial charge in [-0.2, -0.15) is 0 Å². The molecule has 0 amide bonds. The van der Waals surface area contributed by atoms with Crippen LogP contribution in [0, 0.1) is 0 Å². The van der Waals surface area contributed by atoms with Gasteiger partial charge in [0.15, 0.2) is 0 Å². The third kappa shape index (κ3) is 11.2. The first-order chi connectivity index (χ1) is 12.7. The molecule has 0 aromatic heterocycles. The highest BCUT2D eigenvalue weighted by Gasteiger charge is 2.33. The molecule has 0 atom stereocenters. The van der Waals surface area contributed by atoms with Crippen LogP contribution in [0.3, 0.4) is 0 Å². The minimum Gasteiger partial charge on any atom is -0.369 e. The zero-order chi connectivity index (χ0) is 18.9. The maximum atomic E-state index is 12.1. The number of hydrogen-bond acceptors (Lipinski definition) is 3. The van der Waals surface area contributed by atoms with E-state index in [-0.39, 0.29) is 5.97 Å². The molecular formula is C22H44NO3+. The fraction of sp³-hybridized carbons (Fsp3) is 0.955. The normalized spacial score (nSPS) is 16.5. The summed E-state index contributed by atoms with van der Waals surface area (Å²) in [5.74, 6) is -0.0307. The number of ether oxygens (including phenoxy) is 1. The number of morpholine rings is 1. The summed E-state index contributed by atoms with van der Waals surface area (Å²) < 4.78 is 5.84. The Bertz CT molecular complexity index is 340. The van der Waals surface area contributed by atoms with Crippen LogP contribution in [0.4, 0.5) is 0 Å². The zero-order valence-corrected chi connectivity index (χ0v) is 17.6. The summed E-state index contributed by atoms with van der Waals surface area (Å²) in [5.41, 5.74) is 0. The lowest BCUT2D eigenvalue weighted by molar-refractivity contribution is -1.09. The summed E-state index contributed by atoms with van der Waals surface area (Å²) in [7, 11) is 0. The monoisotopic (exact) mass is 370 g/mol. The number of hydroxylamine groups is 3. The molecule has 26 heavy (non-hydrogen) atoms. The standard InChI is InChI=1S/C22H44NO3/c1-3-5-6-7-8-9-10-11-12-13-14-15-16-17-22(24)26-23(4-2)18-20-25-21-19-23/h3-21H2,1-2H3/q+1. The summed E-state index contributed by atoms with van der Waals surface area (Å²) >= 11 is 0. The zero-order valence-electron chi connectivity index (χ0n) is 17.6. The Labute approximate surface area is 162 Å². The van der Waals surface area contributed by atoms with Crippen LogP contribution in [0.25, 0.3) is 0 Å². The molecule has 0 aliphatic carbocycles. The first kappa shape index (κ1) is 23.4. The van der Waals surface area contributed by atoms with E-state index in [1.807, 2.05) is 0 Å². The number of quaternary nitrogens is 1. The van der Waals surface area contributed by atoms with Gasteiger partial charge in [0.25, 0.3) is 0 Å². The van der Waals surface area contributed by atoms with Gasteiger partial charge in [0.1, 0.15) is 19.6 Å². The smallest absolute Gasteiger partial charge is 0.366 e. The van der Waals surface area contributed by atoms with Crippen LogP contribution in [0.5, 0.6) is 0 Å². The van der Waals surface area contributed by atoms with E-state index in [0.29, 0.717) is 24.3 Å². The molecule has 1 aliphatic heterocycles. The third-order valence-electron chi connectivity index (χ3n) is 5.64. The van der Waals surface area contributed by atoms with Crippen molar-refractivity contribution in [1.82, 2.24) is 0 Å². The van der Waals surface area contributed by atoms with Crippen LogP contribution >= 0.6 is 0 Å². The minimum absolute atomic E-state index is 0.0307. The van der Waals surface area contributed by atoms with Crippen LogP contribution in [0.2, 0.25) is 0 Å². The number of rotatable bonds is 16. The number of unbranched alkanes of at least 4 members (excludes halogenated alkanes) is 12. The van der Waals surface area contributed by atoms with Crippen molar-refractivity contribution >= 4 is 5.97 Å². The SMILES string of the molecule is CCCCCCCCCCCCCCCC(=O)O[N+]1(CC)CCOCC1. The first-order valence-electron chi connectivity index (χ1n) is 11.4. The maximum absolute atomic E-state index is 12.1. The second-order valence-corrected chi connectivity index (χ2v) is 7.89. The van der Waals surface area contributed by atoms with Gasteiger partial charge < -0.3 is 4.74 Å². The molecule has 4 heteroatoms. The number of nitrogens with zero attached hydrogens (tertiary/aromatic N) is 1. The van der Waals surface area contributed by atoms with Gasteiger partial charge in [0.2, 0.25) is 0 Å². The van der Waals surface area contributed by atoms with Crippen LogP contribution in [-0.4, -0.2) is 43.5 Å². The van der Waals surface area contributed by atoms with Crippen molar-refractivity contribution in [3.05, 3.63) is 0 Å². The van der Waals surface area contributed by atoms with E-state index in [0.717, 1.165) is 32.5 Å². The largest absolute Gasteiger partial charge is 0.369 e. The van der Waals surface area contributed by atoms with Crippen LogP contribution in [-0.2, 0) is 14.4 Å². The maximum Gasteiger partial charge on any atom is 0.366 e.